The minimum Gasteiger partial charge on any atom is -0.494 e. The van der Waals surface area contributed by atoms with Crippen LogP contribution in [-0.4, -0.2) is 69.1 Å². The Morgan fingerprint density at radius 1 is 1.23 bits per heavy atom. The van der Waals surface area contributed by atoms with Crippen LogP contribution in [0.15, 0.2) is 24.3 Å². The smallest absolute Gasteiger partial charge is 0.224 e. The maximum atomic E-state index is 12.6. The normalized spacial score (nSPS) is 21.4. The zero-order chi connectivity index (χ0) is 18.9. The van der Waals surface area contributed by atoms with Crippen LogP contribution < -0.4 is 10.1 Å². The molecule has 1 aromatic carbocycles. The fourth-order valence-electron chi connectivity index (χ4n) is 3.47. The number of hydrogen-bond donors (Lipinski definition) is 1. The van der Waals surface area contributed by atoms with Gasteiger partial charge in [-0.1, -0.05) is 19.1 Å². The summed E-state index contributed by atoms with van der Waals surface area (Å²) in [4.78, 5) is 17.1. The Labute approximate surface area is 158 Å². The van der Waals surface area contributed by atoms with Crippen molar-refractivity contribution in [3.05, 3.63) is 29.8 Å². The van der Waals surface area contributed by atoms with E-state index in [-0.39, 0.29) is 11.8 Å². The fourth-order valence-corrected chi connectivity index (χ4v) is 3.47. The molecule has 26 heavy (non-hydrogen) atoms. The van der Waals surface area contributed by atoms with Gasteiger partial charge in [-0.25, -0.2) is 0 Å². The number of nitrogens with one attached hydrogen (secondary N) is 1. The number of rotatable bonds is 8. The van der Waals surface area contributed by atoms with Gasteiger partial charge in [0.15, 0.2) is 0 Å². The molecule has 0 aromatic heterocycles. The third-order valence-corrected chi connectivity index (χ3v) is 5.11. The highest BCUT2D eigenvalue weighted by Gasteiger charge is 2.27. The molecule has 5 heteroatoms. The molecule has 1 saturated heterocycles. The van der Waals surface area contributed by atoms with Gasteiger partial charge in [-0.2, -0.15) is 0 Å². The topological polar surface area (TPSA) is 44.8 Å². The standard InChI is InChI=1S/C21H35N3O2/c1-5-14-26-20-10-6-17(7-11-20)12-13-22-21(25)18-8-9-19(23(2)3)16-24(4)15-18/h6-7,10-11,18-19H,5,8-9,12-16H2,1-4H3,(H,22,25)/t18-,19+/m1/s1. The van der Waals surface area contributed by atoms with Gasteiger partial charge < -0.3 is 19.9 Å². The first-order chi connectivity index (χ1) is 12.5. The van der Waals surface area contributed by atoms with Gasteiger partial charge in [-0.05, 0) is 64.5 Å². The summed E-state index contributed by atoms with van der Waals surface area (Å²) >= 11 is 0. The Bertz CT molecular complexity index is 545. The largest absolute Gasteiger partial charge is 0.494 e. The zero-order valence-electron chi connectivity index (χ0n) is 16.8. The van der Waals surface area contributed by atoms with E-state index in [1.54, 1.807) is 0 Å². The third kappa shape index (κ3) is 6.61. The molecule has 0 saturated carbocycles. The van der Waals surface area contributed by atoms with Gasteiger partial charge in [-0.15, -0.1) is 0 Å². The van der Waals surface area contributed by atoms with Crippen LogP contribution in [0.4, 0.5) is 0 Å². The van der Waals surface area contributed by atoms with Crippen LogP contribution in [0.3, 0.4) is 0 Å². The van der Waals surface area contributed by atoms with E-state index in [0.717, 1.165) is 51.1 Å². The predicted molar refractivity (Wildman–Crippen MR) is 107 cm³/mol. The summed E-state index contributed by atoms with van der Waals surface area (Å²) in [6.07, 6.45) is 3.90. The average Bonchev–Trinajstić information content (AvgIpc) is 2.83. The van der Waals surface area contributed by atoms with Crippen LogP contribution in [0, 0.1) is 5.92 Å². The number of carbonyl (C=O) groups excluding carboxylic acids is 1. The molecule has 5 nitrogen and oxygen atoms in total. The molecule has 0 radical (unpaired) electrons. The second kappa shape index (κ2) is 10.5. The minimum atomic E-state index is 0.0924. The molecule has 1 aliphatic rings. The second-order valence-corrected chi connectivity index (χ2v) is 7.65. The predicted octanol–water partition coefficient (Wildman–Crippen LogP) is 2.41. The van der Waals surface area contributed by atoms with Crippen LogP contribution in [0.5, 0.6) is 5.75 Å². The van der Waals surface area contributed by atoms with E-state index < -0.39 is 0 Å². The monoisotopic (exact) mass is 361 g/mol. The van der Waals surface area contributed by atoms with Gasteiger partial charge in [0, 0.05) is 25.7 Å². The second-order valence-electron chi connectivity index (χ2n) is 7.65. The van der Waals surface area contributed by atoms with Gasteiger partial charge in [0.2, 0.25) is 5.91 Å². The van der Waals surface area contributed by atoms with E-state index in [9.17, 15) is 4.79 Å². The molecule has 2 atom stereocenters. The Morgan fingerprint density at radius 3 is 2.62 bits per heavy atom. The minimum absolute atomic E-state index is 0.0924. The number of likely N-dealkylation sites (tertiary alicyclic amines) is 1. The van der Waals surface area contributed by atoms with Crippen molar-refractivity contribution in [1.29, 1.82) is 0 Å². The summed E-state index contributed by atoms with van der Waals surface area (Å²) in [5.41, 5.74) is 1.22. The lowest BCUT2D eigenvalue weighted by Gasteiger charge is -2.25. The Balaban J connectivity index is 1.75. The number of ether oxygens (including phenoxy) is 1. The lowest BCUT2D eigenvalue weighted by molar-refractivity contribution is -0.125. The zero-order valence-corrected chi connectivity index (χ0v) is 16.8. The summed E-state index contributed by atoms with van der Waals surface area (Å²) in [6, 6.07) is 8.71. The molecule has 1 fully saturated rings. The quantitative estimate of drug-likeness (QED) is 0.772. The molecular formula is C21H35N3O2. The van der Waals surface area contributed by atoms with Crippen molar-refractivity contribution in [1.82, 2.24) is 15.1 Å². The van der Waals surface area contributed by atoms with Gasteiger partial charge in [0.1, 0.15) is 5.75 Å². The molecule has 1 N–H and O–H groups in total. The number of hydrogen-bond acceptors (Lipinski definition) is 4. The Morgan fingerprint density at radius 2 is 1.96 bits per heavy atom. The summed E-state index contributed by atoms with van der Waals surface area (Å²) in [7, 11) is 6.36. The summed E-state index contributed by atoms with van der Waals surface area (Å²) in [6.45, 7) is 5.41. The van der Waals surface area contributed by atoms with Crippen molar-refractivity contribution < 1.29 is 9.53 Å². The van der Waals surface area contributed by atoms with E-state index >= 15 is 0 Å². The molecule has 0 unspecified atom stereocenters. The van der Waals surface area contributed by atoms with Crippen molar-refractivity contribution in [3.63, 3.8) is 0 Å². The van der Waals surface area contributed by atoms with Crippen molar-refractivity contribution in [3.8, 4) is 5.75 Å². The number of likely N-dealkylation sites (N-methyl/N-ethyl adjacent to an activating group) is 2. The Hall–Kier alpha value is -1.59. The maximum absolute atomic E-state index is 12.6. The van der Waals surface area contributed by atoms with E-state index in [2.05, 4.69) is 55.3 Å². The van der Waals surface area contributed by atoms with Crippen LogP contribution >= 0.6 is 0 Å². The van der Waals surface area contributed by atoms with Gasteiger partial charge >= 0.3 is 0 Å². The van der Waals surface area contributed by atoms with Crippen molar-refractivity contribution in [2.75, 3.05) is 47.4 Å². The molecular weight excluding hydrogens is 326 g/mol. The highest BCUT2D eigenvalue weighted by molar-refractivity contribution is 5.78. The molecule has 0 aliphatic carbocycles. The molecule has 0 bridgehead atoms. The van der Waals surface area contributed by atoms with Gasteiger partial charge in [0.25, 0.3) is 0 Å². The molecule has 1 aliphatic heterocycles. The third-order valence-electron chi connectivity index (χ3n) is 5.11. The highest BCUT2D eigenvalue weighted by atomic mass is 16.5. The molecule has 1 heterocycles. The first kappa shape index (κ1) is 20.7. The maximum Gasteiger partial charge on any atom is 0.224 e. The lowest BCUT2D eigenvalue weighted by atomic mass is 10.0. The number of carbonyl (C=O) groups is 1. The number of benzene rings is 1. The van der Waals surface area contributed by atoms with Crippen LogP contribution in [-0.2, 0) is 11.2 Å². The first-order valence-corrected chi connectivity index (χ1v) is 9.84. The SMILES string of the molecule is CCCOc1ccc(CCNC(=O)[C@@H]2CC[C@H](N(C)C)CN(C)C2)cc1. The van der Waals surface area contributed by atoms with Crippen molar-refractivity contribution in [2.45, 2.75) is 38.6 Å². The number of nitrogens with zero attached hydrogens (tertiary/aromatic N) is 2. The fraction of sp³-hybridized carbons (Fsp3) is 0.667. The summed E-state index contributed by atoms with van der Waals surface area (Å²) in [5.74, 6) is 1.20. The van der Waals surface area contributed by atoms with Crippen molar-refractivity contribution in [2.24, 2.45) is 5.92 Å². The van der Waals surface area contributed by atoms with Crippen LogP contribution in [0.25, 0.3) is 0 Å². The van der Waals surface area contributed by atoms with Gasteiger partial charge in [-0.3, -0.25) is 4.79 Å². The van der Waals surface area contributed by atoms with E-state index in [1.807, 2.05) is 12.1 Å². The molecule has 2 rings (SSSR count). The van der Waals surface area contributed by atoms with Gasteiger partial charge in [0.05, 0.1) is 12.5 Å². The lowest BCUT2D eigenvalue weighted by Crippen LogP contribution is -2.39. The first-order valence-electron chi connectivity index (χ1n) is 9.84. The molecule has 1 amide bonds. The van der Waals surface area contributed by atoms with E-state index in [4.69, 9.17) is 4.74 Å². The molecule has 146 valence electrons. The highest BCUT2D eigenvalue weighted by Crippen LogP contribution is 2.18. The molecule has 0 spiro atoms. The summed E-state index contributed by atoms with van der Waals surface area (Å²) < 4.78 is 5.60. The van der Waals surface area contributed by atoms with Crippen LogP contribution in [0.1, 0.15) is 31.7 Å². The van der Waals surface area contributed by atoms with Crippen LogP contribution in [0.2, 0.25) is 0 Å². The van der Waals surface area contributed by atoms with E-state index in [0.29, 0.717) is 12.6 Å². The number of amides is 1. The van der Waals surface area contributed by atoms with E-state index in [1.165, 1.54) is 5.56 Å². The molecule has 1 aromatic rings. The average molecular weight is 362 g/mol. The van der Waals surface area contributed by atoms with Crippen molar-refractivity contribution >= 4 is 5.91 Å². The summed E-state index contributed by atoms with van der Waals surface area (Å²) in [5, 5.41) is 3.13. The Kier molecular flexibility index (Phi) is 8.39.